The summed E-state index contributed by atoms with van der Waals surface area (Å²) in [7, 11) is 0. The molecule has 0 radical (unpaired) electrons. The molecule has 0 atom stereocenters. The molecule has 0 bridgehead atoms. The maximum atomic E-state index is 9.98. The quantitative estimate of drug-likeness (QED) is 0.839. The number of benzene rings is 1. The average molecular weight is 353 g/mol. The molecule has 114 valence electrons. The monoisotopic (exact) mass is 352 g/mol. The second-order valence-corrected chi connectivity index (χ2v) is 6.20. The maximum Gasteiger partial charge on any atom is 0.0596 e. The zero-order valence-electron chi connectivity index (χ0n) is 12.4. The minimum absolute atomic E-state index is 0.125. The lowest BCUT2D eigenvalue weighted by atomic mass is 9.78. The molecule has 0 spiro atoms. The molecule has 1 heterocycles. The first-order valence-corrected chi connectivity index (χ1v) is 7.85. The van der Waals surface area contributed by atoms with Gasteiger partial charge in [0.25, 0.3) is 0 Å². The highest BCUT2D eigenvalue weighted by atomic mass is 79.9. The van der Waals surface area contributed by atoms with E-state index in [4.69, 9.17) is 0 Å². The summed E-state index contributed by atoms with van der Waals surface area (Å²) in [5.74, 6) is 0. The first kappa shape index (κ1) is 16.2. The van der Waals surface area contributed by atoms with Crippen LogP contribution in [0.2, 0.25) is 0 Å². The number of rotatable bonds is 6. The van der Waals surface area contributed by atoms with Crippen LogP contribution in [0.15, 0.2) is 34.8 Å². The van der Waals surface area contributed by atoms with Crippen molar-refractivity contribution in [1.82, 2.24) is 9.78 Å². The van der Waals surface area contributed by atoms with Gasteiger partial charge in [-0.3, -0.25) is 4.68 Å². The second-order valence-electron chi connectivity index (χ2n) is 5.35. The van der Waals surface area contributed by atoms with Crippen molar-refractivity contribution in [3.63, 3.8) is 0 Å². The molecule has 1 aromatic heterocycles. The maximum absolute atomic E-state index is 9.98. The molecule has 0 fully saturated rings. The molecule has 4 nitrogen and oxygen atoms in total. The van der Waals surface area contributed by atoms with Crippen LogP contribution >= 0.6 is 15.9 Å². The Morgan fingerprint density at radius 1 is 1.24 bits per heavy atom. The molecule has 21 heavy (non-hydrogen) atoms. The van der Waals surface area contributed by atoms with Crippen LogP contribution < -0.4 is 0 Å². The van der Waals surface area contributed by atoms with Crippen molar-refractivity contribution in [1.29, 1.82) is 0 Å². The molecule has 2 N–H and O–H groups in total. The molecule has 0 amide bonds. The second kappa shape index (κ2) is 6.73. The highest BCUT2D eigenvalue weighted by molar-refractivity contribution is 9.10. The zero-order valence-corrected chi connectivity index (χ0v) is 14.0. The number of halogens is 1. The van der Waals surface area contributed by atoms with E-state index in [0.29, 0.717) is 6.42 Å². The van der Waals surface area contributed by atoms with E-state index in [2.05, 4.69) is 21.0 Å². The Morgan fingerprint density at radius 3 is 2.48 bits per heavy atom. The normalized spacial score (nSPS) is 11.9. The predicted octanol–water partition coefficient (Wildman–Crippen LogP) is 2.44. The van der Waals surface area contributed by atoms with E-state index in [1.807, 2.05) is 48.9 Å². The Kier molecular flexibility index (Phi) is 5.19. The van der Waals surface area contributed by atoms with Crippen molar-refractivity contribution < 1.29 is 10.2 Å². The fraction of sp³-hybridized carbons (Fsp3) is 0.438. The number of hydrogen-bond acceptors (Lipinski definition) is 3. The van der Waals surface area contributed by atoms with Crippen LogP contribution in [0, 0.1) is 6.92 Å². The average Bonchev–Trinajstić information content (AvgIpc) is 2.85. The number of hydrogen-bond donors (Lipinski definition) is 2. The van der Waals surface area contributed by atoms with E-state index in [0.717, 1.165) is 28.0 Å². The van der Waals surface area contributed by atoms with Gasteiger partial charge in [0.05, 0.1) is 18.9 Å². The molecule has 0 aliphatic carbocycles. The van der Waals surface area contributed by atoms with Gasteiger partial charge >= 0.3 is 0 Å². The molecular formula is C16H21BrN2O2. The molecule has 0 unspecified atom stereocenters. The summed E-state index contributed by atoms with van der Waals surface area (Å²) in [4.78, 5) is 0. The van der Waals surface area contributed by atoms with E-state index in [9.17, 15) is 10.2 Å². The third-order valence-electron chi connectivity index (χ3n) is 3.86. The van der Waals surface area contributed by atoms with E-state index < -0.39 is 5.41 Å². The molecule has 0 saturated heterocycles. The summed E-state index contributed by atoms with van der Waals surface area (Å²) < 4.78 is 2.82. The Morgan fingerprint density at radius 2 is 1.90 bits per heavy atom. The molecule has 2 aromatic rings. The van der Waals surface area contributed by atoms with Crippen LogP contribution in [0.3, 0.4) is 0 Å². The summed E-state index contributed by atoms with van der Waals surface area (Å²) in [5.41, 5.74) is 2.16. The lowest BCUT2D eigenvalue weighted by Crippen LogP contribution is -2.38. The minimum atomic E-state index is -0.723. The van der Waals surface area contributed by atoms with Crippen molar-refractivity contribution in [3.8, 4) is 0 Å². The third kappa shape index (κ3) is 3.20. The minimum Gasteiger partial charge on any atom is -0.395 e. The van der Waals surface area contributed by atoms with Crippen LogP contribution in [0.4, 0.5) is 0 Å². The van der Waals surface area contributed by atoms with E-state index in [1.165, 1.54) is 0 Å². The predicted molar refractivity (Wildman–Crippen MR) is 86.3 cm³/mol. The summed E-state index contributed by atoms with van der Waals surface area (Å²) in [5, 5.41) is 24.4. The van der Waals surface area contributed by atoms with Crippen molar-refractivity contribution in [2.45, 2.75) is 32.2 Å². The van der Waals surface area contributed by atoms with Crippen LogP contribution in [0.1, 0.15) is 23.9 Å². The standard InChI is InChI=1S/C16H21BrN2O2/c1-3-19-13(8-12(2)18-19)9-16(10-20,11-21)14-6-4-5-7-15(14)17/h4-8,20-21H,3,9-11H2,1-2H3. The van der Waals surface area contributed by atoms with Crippen LogP contribution in [-0.2, 0) is 18.4 Å². The highest BCUT2D eigenvalue weighted by Crippen LogP contribution is 2.33. The summed E-state index contributed by atoms with van der Waals surface area (Å²) in [6.45, 7) is 4.51. The molecule has 2 rings (SSSR count). The van der Waals surface area contributed by atoms with Gasteiger partial charge in [-0.05, 0) is 31.5 Å². The summed E-state index contributed by atoms with van der Waals surface area (Å²) >= 11 is 3.52. The van der Waals surface area contributed by atoms with E-state index in [-0.39, 0.29) is 13.2 Å². The van der Waals surface area contributed by atoms with E-state index >= 15 is 0 Å². The van der Waals surface area contributed by atoms with Crippen molar-refractivity contribution >= 4 is 15.9 Å². The summed E-state index contributed by atoms with van der Waals surface area (Å²) in [6, 6.07) is 9.73. The van der Waals surface area contributed by atoms with Gasteiger partial charge in [0.1, 0.15) is 0 Å². The van der Waals surface area contributed by atoms with Crippen LogP contribution in [0.5, 0.6) is 0 Å². The van der Waals surface area contributed by atoms with Gasteiger partial charge in [-0.25, -0.2) is 0 Å². The van der Waals surface area contributed by atoms with Gasteiger partial charge in [0.15, 0.2) is 0 Å². The zero-order chi connectivity index (χ0) is 15.5. The van der Waals surface area contributed by atoms with Gasteiger partial charge < -0.3 is 10.2 Å². The van der Waals surface area contributed by atoms with Gasteiger partial charge in [0.2, 0.25) is 0 Å². The molecule has 0 aliphatic rings. The van der Waals surface area contributed by atoms with Gasteiger partial charge in [-0.2, -0.15) is 5.10 Å². The Balaban J connectivity index is 2.45. The Bertz CT molecular complexity index is 606. The van der Waals surface area contributed by atoms with Crippen LogP contribution in [0.25, 0.3) is 0 Å². The molecule has 0 aliphatic heterocycles. The third-order valence-corrected chi connectivity index (χ3v) is 4.55. The number of nitrogens with zero attached hydrogens (tertiary/aromatic N) is 2. The smallest absolute Gasteiger partial charge is 0.0596 e. The number of aliphatic hydroxyl groups is 2. The largest absolute Gasteiger partial charge is 0.395 e. The molecular weight excluding hydrogens is 332 g/mol. The molecule has 5 heteroatoms. The van der Waals surface area contributed by atoms with Crippen molar-refractivity contribution in [3.05, 3.63) is 51.8 Å². The lowest BCUT2D eigenvalue weighted by Gasteiger charge is -2.31. The summed E-state index contributed by atoms with van der Waals surface area (Å²) in [6.07, 6.45) is 0.539. The molecule has 0 saturated carbocycles. The van der Waals surface area contributed by atoms with Gasteiger partial charge in [-0.1, -0.05) is 34.1 Å². The fourth-order valence-electron chi connectivity index (χ4n) is 2.68. The van der Waals surface area contributed by atoms with Crippen LogP contribution in [-0.4, -0.2) is 33.2 Å². The van der Waals surface area contributed by atoms with Crippen molar-refractivity contribution in [2.75, 3.05) is 13.2 Å². The lowest BCUT2D eigenvalue weighted by molar-refractivity contribution is 0.114. The molecule has 1 aromatic carbocycles. The number of aryl methyl sites for hydroxylation is 2. The van der Waals surface area contributed by atoms with Crippen molar-refractivity contribution in [2.24, 2.45) is 0 Å². The Labute approximate surface area is 133 Å². The van der Waals surface area contributed by atoms with Gasteiger partial charge in [0, 0.05) is 28.5 Å². The Hall–Kier alpha value is -1.17. The topological polar surface area (TPSA) is 58.3 Å². The first-order chi connectivity index (χ1) is 10.1. The fourth-order valence-corrected chi connectivity index (χ4v) is 3.39. The van der Waals surface area contributed by atoms with Gasteiger partial charge in [-0.15, -0.1) is 0 Å². The first-order valence-electron chi connectivity index (χ1n) is 7.06. The van der Waals surface area contributed by atoms with E-state index in [1.54, 1.807) is 0 Å². The highest BCUT2D eigenvalue weighted by Gasteiger charge is 2.34. The number of aliphatic hydroxyl groups excluding tert-OH is 2. The SMILES string of the molecule is CCn1nc(C)cc1CC(CO)(CO)c1ccccc1Br. The number of aromatic nitrogens is 2.